The van der Waals surface area contributed by atoms with Gasteiger partial charge in [-0.15, -0.1) is 0 Å². The smallest absolute Gasteiger partial charge is 0.326 e. The molecule has 0 rings (SSSR count). The summed E-state index contributed by atoms with van der Waals surface area (Å²) in [5.74, 6) is -0.557. The van der Waals surface area contributed by atoms with Crippen molar-refractivity contribution in [2.75, 3.05) is 6.54 Å². The van der Waals surface area contributed by atoms with E-state index in [4.69, 9.17) is 5.11 Å². The summed E-state index contributed by atoms with van der Waals surface area (Å²) in [6, 6.07) is -1.22. The van der Waals surface area contributed by atoms with Crippen LogP contribution in [-0.4, -0.2) is 29.7 Å². The van der Waals surface area contributed by atoms with Crippen LogP contribution in [0.15, 0.2) is 0 Å². The van der Waals surface area contributed by atoms with Gasteiger partial charge in [-0.1, -0.05) is 41.0 Å². The predicted octanol–water partition coefficient (Wildman–Crippen LogP) is 2.22. The first-order valence-electron chi connectivity index (χ1n) is 6.48. The monoisotopic (exact) mass is 258 g/mol. The minimum Gasteiger partial charge on any atom is -0.480 e. The molecular formula is C13H26N2O3. The predicted molar refractivity (Wildman–Crippen MR) is 71.5 cm³/mol. The summed E-state index contributed by atoms with van der Waals surface area (Å²) in [6.07, 6.45) is 1.16. The molecule has 0 aliphatic heterocycles. The highest BCUT2D eigenvalue weighted by molar-refractivity contribution is 5.82. The molecule has 0 unspecified atom stereocenters. The lowest BCUT2D eigenvalue weighted by Gasteiger charge is -2.29. The average Bonchev–Trinajstić information content (AvgIpc) is 2.25. The SMILES string of the molecule is CCC[C@@H](NC(=O)NCC(C)(C)C(C)C)C(=O)O. The van der Waals surface area contributed by atoms with Gasteiger partial charge in [-0.2, -0.15) is 0 Å². The molecular weight excluding hydrogens is 232 g/mol. The van der Waals surface area contributed by atoms with E-state index in [1.165, 1.54) is 0 Å². The van der Waals surface area contributed by atoms with Crippen LogP contribution >= 0.6 is 0 Å². The molecule has 5 heteroatoms. The lowest BCUT2D eigenvalue weighted by molar-refractivity contribution is -0.139. The van der Waals surface area contributed by atoms with Gasteiger partial charge in [0, 0.05) is 6.54 Å². The summed E-state index contributed by atoms with van der Waals surface area (Å²) in [5.41, 5.74) is -0.0131. The van der Waals surface area contributed by atoms with Gasteiger partial charge in [0.15, 0.2) is 0 Å². The Kier molecular flexibility index (Phi) is 6.73. The maximum absolute atomic E-state index is 11.6. The number of amides is 2. The zero-order valence-electron chi connectivity index (χ0n) is 12.0. The molecule has 3 N–H and O–H groups in total. The fraction of sp³-hybridized carbons (Fsp3) is 0.846. The van der Waals surface area contributed by atoms with E-state index < -0.39 is 18.0 Å². The highest BCUT2D eigenvalue weighted by atomic mass is 16.4. The van der Waals surface area contributed by atoms with Gasteiger partial charge in [-0.25, -0.2) is 9.59 Å². The molecule has 18 heavy (non-hydrogen) atoms. The summed E-state index contributed by atoms with van der Waals surface area (Å²) in [5, 5.41) is 14.1. The highest BCUT2D eigenvalue weighted by Crippen LogP contribution is 2.24. The molecule has 0 aromatic heterocycles. The number of hydrogen-bond donors (Lipinski definition) is 3. The molecule has 0 saturated carbocycles. The minimum absolute atomic E-state index is 0.0131. The molecule has 1 atom stereocenters. The molecule has 2 amide bonds. The van der Waals surface area contributed by atoms with E-state index in [9.17, 15) is 9.59 Å². The summed E-state index contributed by atoms with van der Waals surface area (Å²) in [7, 11) is 0. The number of carboxylic acid groups (broad SMARTS) is 1. The van der Waals surface area contributed by atoms with E-state index in [1.54, 1.807) is 0 Å². The molecule has 0 aromatic rings. The number of urea groups is 1. The maximum atomic E-state index is 11.6. The molecule has 0 radical (unpaired) electrons. The molecule has 5 nitrogen and oxygen atoms in total. The summed E-state index contributed by atoms with van der Waals surface area (Å²) in [4.78, 5) is 22.5. The number of carbonyl (C=O) groups is 2. The zero-order chi connectivity index (χ0) is 14.3. The Labute approximate surface area is 109 Å². The van der Waals surface area contributed by atoms with E-state index in [2.05, 4.69) is 38.3 Å². The molecule has 0 fully saturated rings. The number of carboxylic acids is 1. The Hall–Kier alpha value is -1.26. The van der Waals surface area contributed by atoms with Crippen LogP contribution in [-0.2, 0) is 4.79 Å². The van der Waals surface area contributed by atoms with Gasteiger partial charge in [-0.3, -0.25) is 0 Å². The Bertz CT molecular complexity index is 288. The first-order valence-corrected chi connectivity index (χ1v) is 6.48. The van der Waals surface area contributed by atoms with Crippen molar-refractivity contribution < 1.29 is 14.7 Å². The molecule has 0 aromatic carbocycles. The van der Waals surface area contributed by atoms with Crippen molar-refractivity contribution in [2.45, 2.75) is 53.5 Å². The van der Waals surface area contributed by atoms with Gasteiger partial charge in [0.2, 0.25) is 0 Å². The van der Waals surface area contributed by atoms with Gasteiger partial charge < -0.3 is 15.7 Å². The molecule has 0 saturated heterocycles. The van der Waals surface area contributed by atoms with Crippen molar-refractivity contribution in [3.8, 4) is 0 Å². The zero-order valence-corrected chi connectivity index (χ0v) is 12.0. The number of carbonyl (C=O) groups excluding carboxylic acids is 1. The highest BCUT2D eigenvalue weighted by Gasteiger charge is 2.24. The van der Waals surface area contributed by atoms with E-state index in [0.29, 0.717) is 25.3 Å². The second-order valence-electron chi connectivity index (χ2n) is 5.65. The first-order chi connectivity index (χ1) is 8.20. The lowest BCUT2D eigenvalue weighted by Crippen LogP contribution is -2.48. The van der Waals surface area contributed by atoms with Crippen LogP contribution < -0.4 is 10.6 Å². The van der Waals surface area contributed by atoms with Crippen molar-refractivity contribution in [3.05, 3.63) is 0 Å². The van der Waals surface area contributed by atoms with Crippen LogP contribution in [0.2, 0.25) is 0 Å². The largest absolute Gasteiger partial charge is 0.480 e. The molecule has 0 spiro atoms. The van der Waals surface area contributed by atoms with Crippen LogP contribution in [0, 0.1) is 11.3 Å². The van der Waals surface area contributed by atoms with Crippen LogP contribution in [0.4, 0.5) is 4.79 Å². The number of hydrogen-bond acceptors (Lipinski definition) is 2. The van der Waals surface area contributed by atoms with E-state index in [0.717, 1.165) is 0 Å². The maximum Gasteiger partial charge on any atom is 0.326 e. The van der Waals surface area contributed by atoms with Crippen molar-refractivity contribution in [3.63, 3.8) is 0 Å². The number of aliphatic carboxylic acids is 1. The van der Waals surface area contributed by atoms with Crippen LogP contribution in [0.5, 0.6) is 0 Å². The van der Waals surface area contributed by atoms with Crippen molar-refractivity contribution in [1.29, 1.82) is 0 Å². The molecule has 106 valence electrons. The first kappa shape index (κ1) is 16.7. The number of rotatable bonds is 7. The summed E-state index contributed by atoms with van der Waals surface area (Å²) < 4.78 is 0. The quantitative estimate of drug-likeness (QED) is 0.655. The van der Waals surface area contributed by atoms with Gasteiger partial charge in [-0.05, 0) is 17.8 Å². The van der Waals surface area contributed by atoms with Crippen molar-refractivity contribution in [2.24, 2.45) is 11.3 Å². The van der Waals surface area contributed by atoms with Crippen LogP contribution in [0.1, 0.15) is 47.5 Å². The second kappa shape index (κ2) is 7.24. The fourth-order valence-corrected chi connectivity index (χ4v) is 1.27. The van der Waals surface area contributed by atoms with Crippen LogP contribution in [0.25, 0.3) is 0 Å². The lowest BCUT2D eigenvalue weighted by atomic mass is 9.81. The average molecular weight is 258 g/mol. The van der Waals surface area contributed by atoms with Gasteiger partial charge >= 0.3 is 12.0 Å². The third-order valence-electron chi connectivity index (χ3n) is 3.45. The fourth-order valence-electron chi connectivity index (χ4n) is 1.27. The number of nitrogens with one attached hydrogen (secondary N) is 2. The Balaban J connectivity index is 4.22. The molecule has 0 aliphatic carbocycles. The molecule has 0 aliphatic rings. The van der Waals surface area contributed by atoms with Crippen molar-refractivity contribution in [1.82, 2.24) is 10.6 Å². The Morgan fingerprint density at radius 2 is 1.83 bits per heavy atom. The Morgan fingerprint density at radius 1 is 1.28 bits per heavy atom. The topological polar surface area (TPSA) is 78.4 Å². The van der Waals surface area contributed by atoms with Gasteiger partial charge in [0.25, 0.3) is 0 Å². The van der Waals surface area contributed by atoms with Crippen LogP contribution in [0.3, 0.4) is 0 Å². The second-order valence-corrected chi connectivity index (χ2v) is 5.65. The normalized spacial score (nSPS) is 13.2. The molecule has 0 heterocycles. The standard InChI is InChI=1S/C13H26N2O3/c1-6-7-10(11(16)17)15-12(18)14-8-13(4,5)9(2)3/h9-10H,6-8H2,1-5H3,(H,16,17)(H2,14,15,18)/t10-/m1/s1. The third kappa shape index (κ3) is 5.89. The van der Waals surface area contributed by atoms with Gasteiger partial charge in [0.05, 0.1) is 0 Å². The summed E-state index contributed by atoms with van der Waals surface area (Å²) in [6.45, 7) is 10.7. The minimum atomic E-state index is -0.991. The Morgan fingerprint density at radius 3 is 2.22 bits per heavy atom. The van der Waals surface area contributed by atoms with Crippen molar-refractivity contribution >= 4 is 12.0 Å². The summed E-state index contributed by atoms with van der Waals surface area (Å²) >= 11 is 0. The van der Waals surface area contributed by atoms with Gasteiger partial charge in [0.1, 0.15) is 6.04 Å². The van der Waals surface area contributed by atoms with E-state index in [-0.39, 0.29) is 5.41 Å². The van der Waals surface area contributed by atoms with E-state index >= 15 is 0 Å². The molecule has 0 bridgehead atoms. The third-order valence-corrected chi connectivity index (χ3v) is 3.45. The van der Waals surface area contributed by atoms with E-state index in [1.807, 2.05) is 6.92 Å².